The predicted octanol–water partition coefficient (Wildman–Crippen LogP) is 2.12. The minimum Gasteiger partial charge on any atom is -0.366 e. The van der Waals surface area contributed by atoms with E-state index in [1.165, 1.54) is 0 Å². The Hall–Kier alpha value is -1.05. The molecule has 2 heterocycles. The Balaban J connectivity index is 0.00000180. The zero-order valence-electron chi connectivity index (χ0n) is 10.2. The Morgan fingerprint density at radius 3 is 2.45 bits per heavy atom. The number of hydrogen-bond donors (Lipinski definition) is 2. The standard InChI is InChI=1S/C11H12F3N3O.2ClH/c12-11(13,14)8-2-1-7(10(15)18)9(17-8)6-3-4-16-5-6;;/h1-2,6,16H,3-5H2,(H2,15,18);2*1H. The van der Waals surface area contributed by atoms with Crippen LogP contribution < -0.4 is 11.1 Å². The van der Waals surface area contributed by atoms with E-state index in [2.05, 4.69) is 10.3 Å². The van der Waals surface area contributed by atoms with Crippen molar-refractivity contribution in [3.05, 3.63) is 29.1 Å². The van der Waals surface area contributed by atoms with Crippen LogP contribution in [0.3, 0.4) is 0 Å². The molecule has 1 atom stereocenters. The first-order valence-electron chi connectivity index (χ1n) is 5.48. The van der Waals surface area contributed by atoms with Crippen molar-refractivity contribution in [3.63, 3.8) is 0 Å². The molecule has 4 nitrogen and oxygen atoms in total. The summed E-state index contributed by atoms with van der Waals surface area (Å²) >= 11 is 0. The first-order valence-corrected chi connectivity index (χ1v) is 5.48. The summed E-state index contributed by atoms with van der Waals surface area (Å²) in [5.74, 6) is -0.951. The molecule has 1 aromatic heterocycles. The van der Waals surface area contributed by atoms with E-state index in [0.29, 0.717) is 19.5 Å². The van der Waals surface area contributed by atoms with Gasteiger partial charge >= 0.3 is 6.18 Å². The fourth-order valence-electron chi connectivity index (χ4n) is 2.04. The quantitative estimate of drug-likeness (QED) is 0.872. The Bertz CT molecular complexity index is 476. The van der Waals surface area contributed by atoms with Crippen LogP contribution in [0.1, 0.15) is 34.1 Å². The normalized spacial score (nSPS) is 18.1. The van der Waals surface area contributed by atoms with E-state index in [1.54, 1.807) is 0 Å². The number of hydrogen-bond acceptors (Lipinski definition) is 3. The summed E-state index contributed by atoms with van der Waals surface area (Å²) in [7, 11) is 0. The Labute approximate surface area is 126 Å². The van der Waals surface area contributed by atoms with Crippen LogP contribution in [0.2, 0.25) is 0 Å². The molecule has 0 saturated carbocycles. The SMILES string of the molecule is Cl.Cl.NC(=O)c1ccc(C(F)(F)F)nc1C1CCNC1. The van der Waals surface area contributed by atoms with Gasteiger partial charge in [-0.3, -0.25) is 4.79 Å². The van der Waals surface area contributed by atoms with Crippen molar-refractivity contribution < 1.29 is 18.0 Å². The van der Waals surface area contributed by atoms with Crippen LogP contribution in [-0.4, -0.2) is 24.0 Å². The molecule has 114 valence electrons. The van der Waals surface area contributed by atoms with Gasteiger partial charge < -0.3 is 11.1 Å². The number of amides is 1. The lowest BCUT2D eigenvalue weighted by atomic mass is 9.98. The van der Waals surface area contributed by atoms with Gasteiger partial charge in [0.1, 0.15) is 5.69 Å². The van der Waals surface area contributed by atoms with Crippen molar-refractivity contribution in [2.75, 3.05) is 13.1 Å². The van der Waals surface area contributed by atoms with E-state index in [1.807, 2.05) is 0 Å². The third-order valence-corrected chi connectivity index (χ3v) is 2.93. The zero-order chi connectivity index (χ0) is 13.3. The molecule has 0 aliphatic carbocycles. The molecule has 1 fully saturated rings. The number of carbonyl (C=O) groups is 1. The molecular formula is C11H14Cl2F3N3O. The number of pyridine rings is 1. The maximum atomic E-state index is 12.6. The van der Waals surface area contributed by atoms with Crippen LogP contribution in [0.25, 0.3) is 0 Å². The summed E-state index contributed by atoms with van der Waals surface area (Å²) in [6.45, 7) is 1.20. The minimum absolute atomic E-state index is 0. The third kappa shape index (κ3) is 3.97. The first-order chi connectivity index (χ1) is 8.39. The van der Waals surface area contributed by atoms with Gasteiger partial charge in [0.15, 0.2) is 0 Å². The van der Waals surface area contributed by atoms with Crippen molar-refractivity contribution in [1.29, 1.82) is 0 Å². The maximum Gasteiger partial charge on any atom is 0.433 e. The fraction of sp³-hybridized carbons (Fsp3) is 0.455. The largest absolute Gasteiger partial charge is 0.433 e. The molecular weight excluding hydrogens is 318 g/mol. The number of nitrogens with zero attached hydrogens (tertiary/aromatic N) is 1. The van der Waals surface area contributed by atoms with Gasteiger partial charge in [0, 0.05) is 12.5 Å². The number of aromatic nitrogens is 1. The molecule has 0 spiro atoms. The van der Waals surface area contributed by atoms with E-state index in [4.69, 9.17) is 5.73 Å². The maximum absolute atomic E-state index is 12.6. The number of carbonyl (C=O) groups excluding carboxylic acids is 1. The topological polar surface area (TPSA) is 68.0 Å². The van der Waals surface area contributed by atoms with Gasteiger partial charge in [-0.15, -0.1) is 24.8 Å². The second kappa shape index (κ2) is 7.10. The molecule has 0 aromatic carbocycles. The summed E-state index contributed by atoms with van der Waals surface area (Å²) in [4.78, 5) is 14.8. The van der Waals surface area contributed by atoms with Crippen molar-refractivity contribution in [2.45, 2.75) is 18.5 Å². The minimum atomic E-state index is -4.52. The average molecular weight is 332 g/mol. The van der Waals surface area contributed by atoms with Gasteiger partial charge in [-0.2, -0.15) is 13.2 Å². The molecule has 0 radical (unpaired) electrons. The number of alkyl halides is 3. The van der Waals surface area contributed by atoms with Gasteiger partial charge in [0.2, 0.25) is 0 Å². The van der Waals surface area contributed by atoms with E-state index < -0.39 is 17.8 Å². The van der Waals surface area contributed by atoms with Crippen molar-refractivity contribution in [3.8, 4) is 0 Å². The summed E-state index contributed by atoms with van der Waals surface area (Å²) in [6, 6.07) is 1.89. The molecule has 1 aliphatic rings. The highest BCUT2D eigenvalue weighted by Crippen LogP contribution is 2.31. The predicted molar refractivity (Wildman–Crippen MR) is 72.5 cm³/mol. The highest BCUT2D eigenvalue weighted by Gasteiger charge is 2.34. The van der Waals surface area contributed by atoms with Crippen LogP contribution in [0.5, 0.6) is 0 Å². The number of nitrogens with two attached hydrogens (primary N) is 1. The van der Waals surface area contributed by atoms with Gasteiger partial charge in [-0.05, 0) is 25.1 Å². The third-order valence-electron chi connectivity index (χ3n) is 2.93. The zero-order valence-corrected chi connectivity index (χ0v) is 11.9. The van der Waals surface area contributed by atoms with Crippen LogP contribution in [0.4, 0.5) is 13.2 Å². The van der Waals surface area contributed by atoms with Crippen molar-refractivity contribution >= 4 is 30.7 Å². The molecule has 1 aromatic rings. The lowest BCUT2D eigenvalue weighted by molar-refractivity contribution is -0.141. The lowest BCUT2D eigenvalue weighted by Crippen LogP contribution is -2.20. The summed E-state index contributed by atoms with van der Waals surface area (Å²) in [5, 5.41) is 3.02. The van der Waals surface area contributed by atoms with Crippen LogP contribution >= 0.6 is 24.8 Å². The average Bonchev–Trinajstić information content (AvgIpc) is 2.80. The molecule has 1 unspecified atom stereocenters. The monoisotopic (exact) mass is 331 g/mol. The Morgan fingerprint density at radius 1 is 1.35 bits per heavy atom. The molecule has 0 bridgehead atoms. The van der Waals surface area contributed by atoms with Gasteiger partial charge in [-0.25, -0.2) is 4.98 Å². The summed E-state index contributed by atoms with van der Waals surface area (Å²) in [6.07, 6.45) is -3.87. The smallest absolute Gasteiger partial charge is 0.366 e. The Morgan fingerprint density at radius 2 is 2.00 bits per heavy atom. The van der Waals surface area contributed by atoms with E-state index in [9.17, 15) is 18.0 Å². The number of primary amides is 1. The highest BCUT2D eigenvalue weighted by atomic mass is 35.5. The molecule has 9 heteroatoms. The molecule has 2 rings (SSSR count). The van der Waals surface area contributed by atoms with Crippen LogP contribution in [-0.2, 0) is 6.18 Å². The molecule has 20 heavy (non-hydrogen) atoms. The lowest BCUT2D eigenvalue weighted by Gasteiger charge is -2.14. The molecule has 3 N–H and O–H groups in total. The molecule has 1 aliphatic heterocycles. The fourth-order valence-corrected chi connectivity index (χ4v) is 2.04. The van der Waals surface area contributed by atoms with Crippen LogP contribution in [0, 0.1) is 0 Å². The van der Waals surface area contributed by atoms with Gasteiger partial charge in [0.25, 0.3) is 5.91 Å². The van der Waals surface area contributed by atoms with E-state index in [0.717, 1.165) is 12.1 Å². The second-order valence-corrected chi connectivity index (χ2v) is 4.18. The molecule has 1 saturated heterocycles. The molecule has 1 amide bonds. The van der Waals surface area contributed by atoms with Crippen LogP contribution in [0.15, 0.2) is 12.1 Å². The van der Waals surface area contributed by atoms with Gasteiger partial charge in [-0.1, -0.05) is 0 Å². The number of rotatable bonds is 2. The number of nitrogens with one attached hydrogen (secondary N) is 1. The summed E-state index contributed by atoms with van der Waals surface area (Å²) in [5.41, 5.74) is 4.38. The van der Waals surface area contributed by atoms with E-state index >= 15 is 0 Å². The first kappa shape index (κ1) is 18.9. The number of halogens is 5. The summed E-state index contributed by atoms with van der Waals surface area (Å²) < 4.78 is 37.8. The van der Waals surface area contributed by atoms with Gasteiger partial charge in [0.05, 0.1) is 11.3 Å². The second-order valence-electron chi connectivity index (χ2n) is 4.18. The van der Waals surface area contributed by atoms with Crippen molar-refractivity contribution in [2.24, 2.45) is 5.73 Å². The highest BCUT2D eigenvalue weighted by molar-refractivity contribution is 5.94. The van der Waals surface area contributed by atoms with Crippen molar-refractivity contribution in [1.82, 2.24) is 10.3 Å². The van der Waals surface area contributed by atoms with E-state index in [-0.39, 0.29) is 42.0 Å². The Kier molecular flexibility index (Phi) is 6.73.